The number of benzene rings is 2. The quantitative estimate of drug-likeness (QED) is 0.469. The maximum atomic E-state index is 12.6. The lowest BCUT2D eigenvalue weighted by Gasteiger charge is -2.10. The summed E-state index contributed by atoms with van der Waals surface area (Å²) in [4.78, 5) is 12.6. The number of nitrogens with zero attached hydrogens (tertiary/aromatic N) is 2. The van der Waals surface area contributed by atoms with Gasteiger partial charge in [0.25, 0.3) is 11.8 Å². The molecule has 0 spiro atoms. The molecule has 7 nitrogen and oxygen atoms in total. The second kappa shape index (κ2) is 7.69. The number of hydrogen-bond acceptors (Lipinski definition) is 6. The Kier molecular flexibility index (Phi) is 4.94. The van der Waals surface area contributed by atoms with Gasteiger partial charge >= 0.3 is 0 Å². The number of carbonyl (C=O) groups is 1. The summed E-state index contributed by atoms with van der Waals surface area (Å²) in [7, 11) is 1.52. The molecule has 2 aromatic heterocycles. The average Bonchev–Trinajstić information content (AvgIpc) is 3.40. The highest BCUT2D eigenvalue weighted by molar-refractivity contribution is 9.10. The van der Waals surface area contributed by atoms with E-state index in [1.807, 2.05) is 6.07 Å². The van der Waals surface area contributed by atoms with Crippen molar-refractivity contribution in [3.05, 3.63) is 70.9 Å². The predicted molar refractivity (Wildman–Crippen MR) is 106 cm³/mol. The van der Waals surface area contributed by atoms with Gasteiger partial charge in [0.15, 0.2) is 5.76 Å². The minimum absolute atomic E-state index is 0.274. The number of furan rings is 1. The summed E-state index contributed by atoms with van der Waals surface area (Å²) < 4.78 is 16.9. The largest absolute Gasteiger partial charge is 0.496 e. The number of halogens is 1. The average molecular weight is 440 g/mol. The molecule has 0 fully saturated rings. The molecule has 0 radical (unpaired) electrons. The molecule has 0 saturated heterocycles. The van der Waals surface area contributed by atoms with Crippen LogP contribution in [0.5, 0.6) is 5.75 Å². The Hall–Kier alpha value is -3.39. The summed E-state index contributed by atoms with van der Waals surface area (Å²) in [5.41, 5.74) is 1.78. The van der Waals surface area contributed by atoms with Crippen molar-refractivity contribution in [1.29, 1.82) is 0 Å². The van der Waals surface area contributed by atoms with Gasteiger partial charge < -0.3 is 18.9 Å². The van der Waals surface area contributed by atoms with E-state index in [0.29, 0.717) is 34.5 Å². The third kappa shape index (κ3) is 3.67. The van der Waals surface area contributed by atoms with Crippen molar-refractivity contribution in [2.45, 2.75) is 0 Å². The first-order chi connectivity index (χ1) is 13.6. The van der Waals surface area contributed by atoms with Crippen molar-refractivity contribution >= 4 is 27.5 Å². The SMILES string of the molecule is COc1ccc(Br)cc1C(=O)Nc1ccc(-c2nnc(-c3ccco3)o2)cc1. The van der Waals surface area contributed by atoms with Gasteiger partial charge in [0.1, 0.15) is 5.75 Å². The van der Waals surface area contributed by atoms with Crippen LogP contribution in [0.2, 0.25) is 0 Å². The Balaban J connectivity index is 1.51. The molecule has 0 aliphatic heterocycles. The van der Waals surface area contributed by atoms with Crippen molar-refractivity contribution in [2.75, 3.05) is 12.4 Å². The summed E-state index contributed by atoms with van der Waals surface area (Å²) in [5.74, 6) is 1.39. The molecule has 8 heteroatoms. The molecule has 0 atom stereocenters. The number of anilines is 1. The lowest BCUT2D eigenvalue weighted by Crippen LogP contribution is -2.13. The predicted octanol–water partition coefficient (Wildman–Crippen LogP) is 5.02. The maximum absolute atomic E-state index is 12.6. The van der Waals surface area contributed by atoms with Gasteiger partial charge in [-0.15, -0.1) is 10.2 Å². The summed E-state index contributed by atoms with van der Waals surface area (Å²) in [6.07, 6.45) is 1.54. The number of carbonyl (C=O) groups excluding carboxylic acids is 1. The molecule has 2 aromatic carbocycles. The van der Waals surface area contributed by atoms with Crippen molar-refractivity contribution in [1.82, 2.24) is 10.2 Å². The van der Waals surface area contributed by atoms with E-state index in [2.05, 4.69) is 31.4 Å². The van der Waals surface area contributed by atoms with Gasteiger partial charge in [0, 0.05) is 15.7 Å². The Bertz CT molecular complexity index is 1100. The number of amides is 1. The van der Waals surface area contributed by atoms with Crippen LogP contribution >= 0.6 is 15.9 Å². The van der Waals surface area contributed by atoms with Crippen LogP contribution in [0.4, 0.5) is 5.69 Å². The molecule has 140 valence electrons. The molecule has 0 aliphatic rings. The first-order valence-corrected chi connectivity index (χ1v) is 9.06. The first kappa shape index (κ1) is 18.0. The molecule has 28 heavy (non-hydrogen) atoms. The fraction of sp³-hybridized carbons (Fsp3) is 0.0500. The summed E-state index contributed by atoms with van der Waals surface area (Å²) in [6.45, 7) is 0. The van der Waals surface area contributed by atoms with E-state index >= 15 is 0 Å². The molecule has 0 aliphatic carbocycles. The van der Waals surface area contributed by atoms with E-state index in [9.17, 15) is 4.79 Å². The van der Waals surface area contributed by atoms with E-state index in [-0.39, 0.29) is 5.91 Å². The summed E-state index contributed by atoms with van der Waals surface area (Å²) in [6, 6.07) is 15.8. The molecular weight excluding hydrogens is 426 g/mol. The molecule has 0 saturated carbocycles. The highest BCUT2D eigenvalue weighted by atomic mass is 79.9. The molecule has 2 heterocycles. The van der Waals surface area contributed by atoms with Crippen molar-refractivity contribution in [3.8, 4) is 28.9 Å². The zero-order valence-electron chi connectivity index (χ0n) is 14.7. The van der Waals surface area contributed by atoms with E-state index in [1.165, 1.54) is 13.4 Å². The van der Waals surface area contributed by atoms with Gasteiger partial charge in [-0.2, -0.15) is 0 Å². The zero-order valence-corrected chi connectivity index (χ0v) is 16.3. The first-order valence-electron chi connectivity index (χ1n) is 8.27. The maximum Gasteiger partial charge on any atom is 0.283 e. The van der Waals surface area contributed by atoms with Gasteiger partial charge in [-0.1, -0.05) is 15.9 Å². The highest BCUT2D eigenvalue weighted by Gasteiger charge is 2.15. The fourth-order valence-electron chi connectivity index (χ4n) is 2.59. The smallest absolute Gasteiger partial charge is 0.283 e. The van der Waals surface area contributed by atoms with Gasteiger partial charge in [0.2, 0.25) is 5.89 Å². The molecule has 4 aromatic rings. The third-order valence-corrected chi connectivity index (χ3v) is 4.45. The normalized spacial score (nSPS) is 10.6. The van der Waals surface area contributed by atoms with E-state index < -0.39 is 0 Å². The highest BCUT2D eigenvalue weighted by Crippen LogP contribution is 2.27. The van der Waals surface area contributed by atoms with Crippen LogP contribution in [0.25, 0.3) is 23.1 Å². The lowest BCUT2D eigenvalue weighted by atomic mass is 10.1. The number of aromatic nitrogens is 2. The number of ether oxygens (including phenoxy) is 1. The number of hydrogen-bond donors (Lipinski definition) is 1. The number of rotatable bonds is 5. The minimum atomic E-state index is -0.274. The Morgan fingerprint density at radius 3 is 2.57 bits per heavy atom. The number of methoxy groups -OCH3 is 1. The van der Waals surface area contributed by atoms with Crippen LogP contribution < -0.4 is 10.1 Å². The molecular formula is C20H14BrN3O4. The minimum Gasteiger partial charge on any atom is -0.496 e. The van der Waals surface area contributed by atoms with Crippen LogP contribution in [0.1, 0.15) is 10.4 Å². The zero-order chi connectivity index (χ0) is 19.5. The second-order valence-corrected chi connectivity index (χ2v) is 6.68. The third-order valence-electron chi connectivity index (χ3n) is 3.95. The lowest BCUT2D eigenvalue weighted by molar-refractivity contribution is 0.102. The monoisotopic (exact) mass is 439 g/mol. The number of nitrogens with one attached hydrogen (secondary N) is 1. The van der Waals surface area contributed by atoms with Gasteiger partial charge in [0.05, 0.1) is 18.9 Å². The second-order valence-electron chi connectivity index (χ2n) is 5.77. The van der Waals surface area contributed by atoms with Gasteiger partial charge in [-0.3, -0.25) is 4.79 Å². The molecule has 0 unspecified atom stereocenters. The van der Waals surface area contributed by atoms with E-state index in [1.54, 1.807) is 48.5 Å². The molecule has 1 amide bonds. The summed E-state index contributed by atoms with van der Waals surface area (Å²) in [5, 5.41) is 10.8. The van der Waals surface area contributed by atoms with Crippen molar-refractivity contribution < 1.29 is 18.4 Å². The van der Waals surface area contributed by atoms with E-state index in [0.717, 1.165) is 10.0 Å². The molecule has 1 N–H and O–H groups in total. The van der Waals surface area contributed by atoms with Crippen LogP contribution in [-0.4, -0.2) is 23.2 Å². The Morgan fingerprint density at radius 2 is 1.86 bits per heavy atom. The summed E-state index contributed by atoms with van der Waals surface area (Å²) >= 11 is 3.37. The Labute approximate surface area is 168 Å². The van der Waals surface area contributed by atoms with Crippen LogP contribution in [0.15, 0.2) is 74.2 Å². The van der Waals surface area contributed by atoms with Crippen molar-refractivity contribution in [2.24, 2.45) is 0 Å². The standard InChI is InChI=1S/C20H14BrN3O4/c1-26-16-9-6-13(21)11-15(16)18(25)22-14-7-4-12(5-8-14)19-23-24-20(28-19)17-3-2-10-27-17/h2-11H,1H3,(H,22,25). The van der Waals surface area contributed by atoms with Gasteiger partial charge in [-0.05, 0) is 54.6 Å². The fourth-order valence-corrected chi connectivity index (χ4v) is 2.95. The van der Waals surface area contributed by atoms with Crippen LogP contribution in [-0.2, 0) is 0 Å². The van der Waals surface area contributed by atoms with Crippen molar-refractivity contribution in [3.63, 3.8) is 0 Å². The Morgan fingerprint density at radius 1 is 1.07 bits per heavy atom. The van der Waals surface area contributed by atoms with E-state index in [4.69, 9.17) is 13.6 Å². The molecule has 4 rings (SSSR count). The van der Waals surface area contributed by atoms with Gasteiger partial charge in [-0.25, -0.2) is 0 Å². The van der Waals surface area contributed by atoms with Crippen LogP contribution in [0.3, 0.4) is 0 Å². The molecule has 0 bridgehead atoms. The topological polar surface area (TPSA) is 90.4 Å². The van der Waals surface area contributed by atoms with Crippen LogP contribution in [0, 0.1) is 0 Å².